The van der Waals surface area contributed by atoms with Gasteiger partial charge in [-0.2, -0.15) is 0 Å². The highest BCUT2D eigenvalue weighted by Crippen LogP contribution is 2.29. The van der Waals surface area contributed by atoms with Crippen LogP contribution in [-0.4, -0.2) is 40.2 Å². The van der Waals surface area contributed by atoms with Gasteiger partial charge in [0.1, 0.15) is 11.8 Å². The van der Waals surface area contributed by atoms with Crippen LogP contribution in [0.25, 0.3) is 0 Å². The molecule has 0 aromatic heterocycles. The van der Waals surface area contributed by atoms with Gasteiger partial charge in [-0.25, -0.2) is 0 Å². The van der Waals surface area contributed by atoms with Crippen LogP contribution in [0.3, 0.4) is 0 Å². The number of rotatable bonds is 10. The highest BCUT2D eigenvalue weighted by molar-refractivity contribution is 5.85. The first kappa shape index (κ1) is 21.1. The minimum absolute atomic E-state index is 0.00977. The molecule has 0 saturated carbocycles. The van der Waals surface area contributed by atoms with Gasteiger partial charge in [-0.05, 0) is 32.1 Å². The molecule has 0 heterocycles. The number of carbonyl (C=O) groups excluding carboxylic acids is 1. The molecule has 3 N–H and O–H groups in total. The first-order chi connectivity index (χ1) is 9.86. The molecule has 0 radical (unpaired) electrons. The summed E-state index contributed by atoms with van der Waals surface area (Å²) in [5.74, 6) is -0.821. The molecule has 0 bridgehead atoms. The van der Waals surface area contributed by atoms with Crippen molar-refractivity contribution in [2.24, 2.45) is 17.3 Å². The highest BCUT2D eigenvalue weighted by Gasteiger charge is 2.35. The largest absolute Gasteiger partial charge is 0.480 e. The van der Waals surface area contributed by atoms with Gasteiger partial charge in [0.15, 0.2) is 0 Å². The smallest absolute Gasteiger partial charge is 0.320 e. The van der Waals surface area contributed by atoms with Crippen LogP contribution >= 0.6 is 0 Å². The Morgan fingerprint density at radius 1 is 1.09 bits per heavy atom. The molecule has 0 aliphatic rings. The zero-order valence-electron chi connectivity index (χ0n) is 15.1. The molecule has 0 aromatic rings. The standard InChI is InChI=1S/C17H33NO4/c1-11(2)17(6,7)18-13(15(21)22)8-9-14(20)16(4,5)12(3)10-19/h11-13,18-19H,8-10H2,1-7H3,(H,21,22)/t12?,13-/m0/s1. The summed E-state index contributed by atoms with van der Waals surface area (Å²) in [6.45, 7) is 13.4. The summed E-state index contributed by atoms with van der Waals surface area (Å²) in [5, 5.41) is 21.8. The highest BCUT2D eigenvalue weighted by atomic mass is 16.4. The average Bonchev–Trinajstić information content (AvgIpc) is 2.41. The van der Waals surface area contributed by atoms with Crippen LogP contribution < -0.4 is 5.32 Å². The van der Waals surface area contributed by atoms with Crippen LogP contribution in [-0.2, 0) is 9.59 Å². The van der Waals surface area contributed by atoms with Gasteiger partial charge < -0.3 is 10.2 Å². The predicted octanol–water partition coefficient (Wildman–Crippen LogP) is 2.47. The number of hydrogen-bond donors (Lipinski definition) is 3. The molecule has 1 unspecified atom stereocenters. The maximum Gasteiger partial charge on any atom is 0.320 e. The molecule has 2 atom stereocenters. The molecule has 130 valence electrons. The van der Waals surface area contributed by atoms with Gasteiger partial charge >= 0.3 is 5.97 Å². The maximum atomic E-state index is 12.4. The normalized spacial score (nSPS) is 15.7. The predicted molar refractivity (Wildman–Crippen MR) is 87.7 cm³/mol. The first-order valence-corrected chi connectivity index (χ1v) is 8.00. The Hall–Kier alpha value is -0.940. The number of carboxylic acid groups (broad SMARTS) is 1. The summed E-state index contributed by atoms with van der Waals surface area (Å²) in [6.07, 6.45) is 0.446. The van der Waals surface area contributed by atoms with Gasteiger partial charge in [-0.1, -0.05) is 34.6 Å². The van der Waals surface area contributed by atoms with E-state index < -0.39 is 17.4 Å². The van der Waals surface area contributed by atoms with Crippen LogP contribution in [0.5, 0.6) is 0 Å². The van der Waals surface area contributed by atoms with Gasteiger partial charge in [0.05, 0.1) is 0 Å². The lowest BCUT2D eigenvalue weighted by Gasteiger charge is -2.34. The van der Waals surface area contributed by atoms with Crippen LogP contribution in [0.2, 0.25) is 0 Å². The third-order valence-electron chi connectivity index (χ3n) is 5.17. The van der Waals surface area contributed by atoms with Crippen LogP contribution in [0.1, 0.15) is 61.3 Å². The van der Waals surface area contributed by atoms with E-state index >= 15 is 0 Å². The number of carbonyl (C=O) groups is 2. The van der Waals surface area contributed by atoms with Crippen molar-refractivity contribution in [2.75, 3.05) is 6.61 Å². The molecule has 0 saturated heterocycles. The average molecular weight is 315 g/mol. The summed E-state index contributed by atoms with van der Waals surface area (Å²) in [6, 6.07) is -0.749. The molecule has 0 rings (SSSR count). The molecule has 22 heavy (non-hydrogen) atoms. The van der Waals surface area contributed by atoms with Gasteiger partial charge in [0, 0.05) is 24.0 Å². The van der Waals surface area contributed by atoms with Crippen molar-refractivity contribution in [3.8, 4) is 0 Å². The van der Waals surface area contributed by atoms with Gasteiger partial charge in [0.2, 0.25) is 0 Å². The monoisotopic (exact) mass is 315 g/mol. The van der Waals surface area contributed by atoms with E-state index in [-0.39, 0.29) is 42.6 Å². The SMILES string of the molecule is CC(C)C(C)(C)N[C@@H](CCC(=O)C(C)(C)C(C)CO)C(=O)O. The zero-order chi connectivity index (χ0) is 17.7. The fourth-order valence-electron chi connectivity index (χ4n) is 1.97. The second-order valence-electron chi connectivity index (χ2n) is 7.68. The molecule has 0 fully saturated rings. The molecule has 0 spiro atoms. The summed E-state index contributed by atoms with van der Waals surface area (Å²) >= 11 is 0. The fourth-order valence-corrected chi connectivity index (χ4v) is 1.97. The minimum Gasteiger partial charge on any atom is -0.480 e. The Labute approximate surface area is 134 Å². The number of aliphatic hydroxyl groups is 1. The van der Waals surface area contributed by atoms with E-state index in [9.17, 15) is 19.8 Å². The molecular formula is C17H33NO4. The van der Waals surface area contributed by atoms with E-state index in [0.29, 0.717) is 0 Å². The number of aliphatic hydroxyl groups excluding tert-OH is 1. The van der Waals surface area contributed by atoms with E-state index in [2.05, 4.69) is 5.32 Å². The lowest BCUT2D eigenvalue weighted by Crippen LogP contribution is -2.52. The number of hydrogen-bond acceptors (Lipinski definition) is 4. The van der Waals surface area contributed by atoms with Crippen LogP contribution in [0.15, 0.2) is 0 Å². The molecule has 5 nitrogen and oxygen atoms in total. The quantitative estimate of drug-likeness (QED) is 0.576. The summed E-state index contributed by atoms with van der Waals surface area (Å²) in [5.41, 5.74) is -0.967. The third-order valence-corrected chi connectivity index (χ3v) is 5.17. The van der Waals surface area contributed by atoms with E-state index in [0.717, 1.165) is 0 Å². The molecule has 0 amide bonds. The molecular weight excluding hydrogens is 282 g/mol. The van der Waals surface area contributed by atoms with E-state index in [1.54, 1.807) is 13.8 Å². The van der Waals surface area contributed by atoms with E-state index in [1.165, 1.54) is 0 Å². The Morgan fingerprint density at radius 3 is 1.95 bits per heavy atom. The fraction of sp³-hybridized carbons (Fsp3) is 0.882. The topological polar surface area (TPSA) is 86.6 Å². The first-order valence-electron chi connectivity index (χ1n) is 8.00. The van der Waals surface area contributed by atoms with Gasteiger partial charge in [-0.15, -0.1) is 0 Å². The van der Waals surface area contributed by atoms with E-state index in [1.807, 2.05) is 34.6 Å². The van der Waals surface area contributed by atoms with Crippen molar-refractivity contribution < 1.29 is 19.8 Å². The third kappa shape index (κ3) is 5.69. The van der Waals surface area contributed by atoms with Crippen molar-refractivity contribution in [1.82, 2.24) is 5.32 Å². The maximum absolute atomic E-state index is 12.4. The molecule has 0 aliphatic carbocycles. The second kappa shape index (κ2) is 8.06. The second-order valence-corrected chi connectivity index (χ2v) is 7.68. The van der Waals surface area contributed by atoms with Gasteiger partial charge in [-0.3, -0.25) is 14.9 Å². The Morgan fingerprint density at radius 2 is 1.59 bits per heavy atom. The number of nitrogens with one attached hydrogen (secondary N) is 1. The zero-order valence-corrected chi connectivity index (χ0v) is 15.1. The Kier molecular flexibility index (Phi) is 7.72. The van der Waals surface area contributed by atoms with Crippen molar-refractivity contribution in [2.45, 2.75) is 72.9 Å². The summed E-state index contributed by atoms with van der Waals surface area (Å²) in [4.78, 5) is 23.8. The Bertz CT molecular complexity index is 388. The van der Waals surface area contributed by atoms with Crippen LogP contribution in [0, 0.1) is 17.3 Å². The molecule has 5 heteroatoms. The van der Waals surface area contributed by atoms with Crippen molar-refractivity contribution in [1.29, 1.82) is 0 Å². The Balaban J connectivity index is 4.81. The lowest BCUT2D eigenvalue weighted by atomic mass is 9.75. The van der Waals surface area contributed by atoms with Crippen molar-refractivity contribution >= 4 is 11.8 Å². The number of Topliss-reactive ketones (excluding diaryl/α,β-unsaturated/α-hetero) is 1. The van der Waals surface area contributed by atoms with Crippen molar-refractivity contribution in [3.05, 3.63) is 0 Å². The van der Waals surface area contributed by atoms with Crippen LogP contribution in [0.4, 0.5) is 0 Å². The van der Waals surface area contributed by atoms with Gasteiger partial charge in [0.25, 0.3) is 0 Å². The minimum atomic E-state index is -0.936. The molecule has 0 aliphatic heterocycles. The number of ketones is 1. The number of carboxylic acids is 1. The lowest BCUT2D eigenvalue weighted by molar-refractivity contribution is -0.140. The summed E-state index contributed by atoms with van der Waals surface area (Å²) < 4.78 is 0. The number of aliphatic carboxylic acids is 1. The van der Waals surface area contributed by atoms with E-state index in [4.69, 9.17) is 0 Å². The molecule has 0 aromatic carbocycles. The summed E-state index contributed by atoms with van der Waals surface area (Å²) in [7, 11) is 0. The van der Waals surface area contributed by atoms with Crippen molar-refractivity contribution in [3.63, 3.8) is 0 Å².